The van der Waals surface area contributed by atoms with E-state index in [-0.39, 0.29) is 5.41 Å². The van der Waals surface area contributed by atoms with Crippen molar-refractivity contribution in [3.05, 3.63) is 34.3 Å². The number of hydrogen-bond donors (Lipinski definition) is 1. The number of hydrogen-bond acceptors (Lipinski definition) is 1. The first-order valence-electron chi connectivity index (χ1n) is 7.41. The second-order valence-corrected chi connectivity index (χ2v) is 7.92. The monoisotopic (exact) mass is 277 g/mol. The van der Waals surface area contributed by atoms with Crippen LogP contribution >= 0.6 is 11.6 Å². The lowest BCUT2D eigenvalue weighted by Gasteiger charge is -2.41. The van der Waals surface area contributed by atoms with E-state index in [1.165, 1.54) is 30.4 Å². The zero-order chi connectivity index (χ0) is 13.7. The second kappa shape index (κ2) is 4.49. The average molecular weight is 278 g/mol. The molecule has 0 radical (unpaired) electrons. The molecule has 0 saturated heterocycles. The van der Waals surface area contributed by atoms with E-state index in [1.807, 2.05) is 6.07 Å². The van der Waals surface area contributed by atoms with Crippen LogP contribution < -0.4 is 5.32 Å². The van der Waals surface area contributed by atoms with E-state index in [2.05, 4.69) is 38.2 Å². The first-order valence-corrected chi connectivity index (χ1v) is 7.79. The Kier molecular flexibility index (Phi) is 3.18. The van der Waals surface area contributed by atoms with E-state index in [1.54, 1.807) is 0 Å². The van der Waals surface area contributed by atoms with Gasteiger partial charge in [0, 0.05) is 17.6 Å². The zero-order valence-corrected chi connectivity index (χ0v) is 13.0. The minimum absolute atomic E-state index is 0.285. The van der Waals surface area contributed by atoms with Gasteiger partial charge in [-0.2, -0.15) is 0 Å². The van der Waals surface area contributed by atoms with Crippen LogP contribution in [0.3, 0.4) is 0 Å². The summed E-state index contributed by atoms with van der Waals surface area (Å²) in [7, 11) is 0. The van der Waals surface area contributed by atoms with Gasteiger partial charge in [0.1, 0.15) is 0 Å². The minimum Gasteiger partial charge on any atom is -0.309 e. The van der Waals surface area contributed by atoms with Crippen LogP contribution in [0.25, 0.3) is 0 Å². The summed E-state index contributed by atoms with van der Waals surface area (Å²) in [6, 6.07) is 6.82. The number of nitrogens with one attached hydrogen (secondary N) is 1. The summed E-state index contributed by atoms with van der Waals surface area (Å²) in [5.74, 6) is 0. The van der Waals surface area contributed by atoms with Crippen LogP contribution in [0.2, 0.25) is 5.02 Å². The van der Waals surface area contributed by atoms with Crippen LogP contribution in [0.4, 0.5) is 0 Å². The Bertz CT molecular complexity index is 488. The van der Waals surface area contributed by atoms with Crippen molar-refractivity contribution in [1.82, 2.24) is 5.32 Å². The average Bonchev–Trinajstić information content (AvgIpc) is 2.54. The molecule has 0 amide bonds. The summed E-state index contributed by atoms with van der Waals surface area (Å²) in [6.45, 7) is 8.26. The standard InChI is InChI=1S/C17H24ClN/c1-16(2)10-12-5-6-13(18)9-14(12)15(16)19-11-17(3)7-4-8-17/h5-6,9,15,19H,4,7-8,10-11H2,1-3H3. The molecule has 3 rings (SSSR count). The summed E-state index contributed by atoms with van der Waals surface area (Å²) < 4.78 is 0. The second-order valence-electron chi connectivity index (χ2n) is 7.49. The van der Waals surface area contributed by atoms with Crippen molar-refractivity contribution >= 4 is 11.6 Å². The van der Waals surface area contributed by atoms with Crippen molar-refractivity contribution in [3.63, 3.8) is 0 Å². The predicted molar refractivity (Wildman–Crippen MR) is 81.6 cm³/mol. The number of rotatable bonds is 3. The van der Waals surface area contributed by atoms with E-state index in [4.69, 9.17) is 11.6 Å². The van der Waals surface area contributed by atoms with Gasteiger partial charge in [0.15, 0.2) is 0 Å². The first kappa shape index (κ1) is 13.5. The molecule has 0 aliphatic heterocycles. The molecule has 2 aliphatic rings. The Labute approximate surface area is 121 Å². The van der Waals surface area contributed by atoms with Crippen LogP contribution in [0.15, 0.2) is 18.2 Å². The highest BCUT2D eigenvalue weighted by molar-refractivity contribution is 6.30. The molecule has 1 aromatic rings. The highest BCUT2D eigenvalue weighted by Gasteiger charge is 2.40. The molecule has 104 valence electrons. The van der Waals surface area contributed by atoms with Gasteiger partial charge < -0.3 is 5.32 Å². The van der Waals surface area contributed by atoms with E-state index in [9.17, 15) is 0 Å². The fourth-order valence-corrected chi connectivity index (χ4v) is 3.88. The van der Waals surface area contributed by atoms with E-state index in [0.29, 0.717) is 11.5 Å². The smallest absolute Gasteiger partial charge is 0.0409 e. The minimum atomic E-state index is 0.285. The summed E-state index contributed by atoms with van der Waals surface area (Å²) in [4.78, 5) is 0. The van der Waals surface area contributed by atoms with E-state index >= 15 is 0 Å². The molecule has 1 unspecified atom stereocenters. The third-order valence-electron chi connectivity index (χ3n) is 5.14. The molecule has 1 aromatic carbocycles. The maximum atomic E-state index is 6.18. The Balaban J connectivity index is 1.81. The van der Waals surface area contributed by atoms with Gasteiger partial charge in [-0.3, -0.25) is 0 Å². The highest BCUT2D eigenvalue weighted by Crippen LogP contribution is 2.47. The Morgan fingerprint density at radius 3 is 2.63 bits per heavy atom. The molecular weight excluding hydrogens is 254 g/mol. The topological polar surface area (TPSA) is 12.0 Å². The quantitative estimate of drug-likeness (QED) is 0.841. The fraction of sp³-hybridized carbons (Fsp3) is 0.647. The first-order chi connectivity index (χ1) is 8.90. The number of benzene rings is 1. The maximum absolute atomic E-state index is 6.18. The molecule has 1 nitrogen and oxygen atoms in total. The fourth-order valence-electron chi connectivity index (χ4n) is 3.70. The summed E-state index contributed by atoms with van der Waals surface area (Å²) in [5, 5.41) is 4.70. The van der Waals surface area contributed by atoms with Gasteiger partial charge in [0.2, 0.25) is 0 Å². The molecule has 1 atom stereocenters. The lowest BCUT2D eigenvalue weighted by molar-refractivity contribution is 0.135. The van der Waals surface area contributed by atoms with Crippen molar-refractivity contribution in [3.8, 4) is 0 Å². The summed E-state index contributed by atoms with van der Waals surface area (Å²) in [5.41, 5.74) is 3.69. The Morgan fingerprint density at radius 1 is 1.26 bits per heavy atom. The van der Waals surface area contributed by atoms with Gasteiger partial charge in [-0.25, -0.2) is 0 Å². The molecule has 2 heteroatoms. The molecule has 1 saturated carbocycles. The van der Waals surface area contributed by atoms with Gasteiger partial charge in [-0.15, -0.1) is 0 Å². The van der Waals surface area contributed by atoms with Crippen LogP contribution in [0.1, 0.15) is 57.2 Å². The summed E-state index contributed by atoms with van der Waals surface area (Å²) in [6.07, 6.45) is 5.29. The number of fused-ring (bicyclic) bond motifs is 1. The summed E-state index contributed by atoms with van der Waals surface area (Å²) >= 11 is 6.18. The van der Waals surface area contributed by atoms with Gasteiger partial charge in [0.05, 0.1) is 0 Å². The molecule has 1 fully saturated rings. The molecule has 0 heterocycles. The molecule has 0 aromatic heterocycles. The zero-order valence-electron chi connectivity index (χ0n) is 12.2. The highest BCUT2D eigenvalue weighted by atomic mass is 35.5. The molecule has 19 heavy (non-hydrogen) atoms. The Morgan fingerprint density at radius 2 is 2.00 bits per heavy atom. The van der Waals surface area contributed by atoms with E-state index in [0.717, 1.165) is 18.0 Å². The van der Waals surface area contributed by atoms with Crippen LogP contribution in [-0.4, -0.2) is 6.54 Å². The van der Waals surface area contributed by atoms with Crippen molar-refractivity contribution in [1.29, 1.82) is 0 Å². The number of halogens is 1. The Hall–Kier alpha value is -0.530. The molecule has 0 spiro atoms. The normalized spacial score (nSPS) is 26.8. The van der Waals surface area contributed by atoms with Gasteiger partial charge >= 0.3 is 0 Å². The largest absolute Gasteiger partial charge is 0.309 e. The molecule has 2 aliphatic carbocycles. The van der Waals surface area contributed by atoms with Gasteiger partial charge in [0.25, 0.3) is 0 Å². The van der Waals surface area contributed by atoms with Gasteiger partial charge in [-0.1, -0.05) is 44.9 Å². The molecule has 0 bridgehead atoms. The van der Waals surface area contributed by atoms with Crippen molar-refractivity contribution < 1.29 is 0 Å². The van der Waals surface area contributed by atoms with Crippen molar-refractivity contribution in [2.75, 3.05) is 6.54 Å². The third-order valence-corrected chi connectivity index (χ3v) is 5.38. The van der Waals surface area contributed by atoms with Crippen LogP contribution in [0.5, 0.6) is 0 Å². The lowest BCUT2D eigenvalue weighted by Crippen LogP contribution is -2.41. The van der Waals surface area contributed by atoms with Crippen LogP contribution in [-0.2, 0) is 6.42 Å². The van der Waals surface area contributed by atoms with Crippen LogP contribution in [0, 0.1) is 10.8 Å². The predicted octanol–water partition coefficient (Wildman–Crippen LogP) is 4.74. The maximum Gasteiger partial charge on any atom is 0.0409 e. The van der Waals surface area contributed by atoms with E-state index < -0.39 is 0 Å². The SMILES string of the molecule is CC1(CNC2c3cc(Cl)ccc3CC2(C)C)CCC1. The van der Waals surface area contributed by atoms with Gasteiger partial charge in [-0.05, 0) is 53.4 Å². The van der Waals surface area contributed by atoms with Crippen molar-refractivity contribution in [2.24, 2.45) is 10.8 Å². The molecule has 1 N–H and O–H groups in total. The third kappa shape index (κ3) is 2.43. The molecular formula is C17H24ClN. The lowest BCUT2D eigenvalue weighted by atomic mass is 9.70. The van der Waals surface area contributed by atoms with Crippen molar-refractivity contribution in [2.45, 2.75) is 52.5 Å².